The predicted molar refractivity (Wildman–Crippen MR) is 77.6 cm³/mol. The van der Waals surface area contributed by atoms with Gasteiger partial charge in [-0.3, -0.25) is 4.68 Å². The number of halogens is 2. The fraction of sp³-hybridized carbons (Fsp3) is 0.308. The number of rotatable bonds is 4. The van der Waals surface area contributed by atoms with Crippen LogP contribution in [0.2, 0.25) is 5.02 Å². The summed E-state index contributed by atoms with van der Waals surface area (Å²) in [6.07, 6.45) is 3.90. The molecule has 18 heavy (non-hydrogen) atoms. The molecule has 0 bridgehead atoms. The van der Waals surface area contributed by atoms with Gasteiger partial charge < -0.3 is 5.32 Å². The number of hydrogen-bond acceptors (Lipinski definition) is 2. The van der Waals surface area contributed by atoms with E-state index in [1.807, 2.05) is 42.3 Å². The maximum Gasteiger partial charge on any atom is 0.0537 e. The lowest BCUT2D eigenvalue weighted by Gasteiger charge is -2.13. The van der Waals surface area contributed by atoms with E-state index < -0.39 is 0 Å². The third kappa shape index (κ3) is 3.34. The summed E-state index contributed by atoms with van der Waals surface area (Å²) in [4.78, 5) is 0. The van der Waals surface area contributed by atoms with E-state index in [0.29, 0.717) is 0 Å². The molecule has 0 radical (unpaired) electrons. The van der Waals surface area contributed by atoms with Crippen LogP contribution in [-0.2, 0) is 13.6 Å². The number of hydrogen-bond donors (Lipinski definition) is 1. The zero-order valence-corrected chi connectivity index (χ0v) is 12.7. The van der Waals surface area contributed by atoms with E-state index in [1.54, 1.807) is 0 Å². The second-order valence-electron chi connectivity index (χ2n) is 4.29. The lowest BCUT2D eigenvalue weighted by molar-refractivity contribution is 0.573. The fourth-order valence-electron chi connectivity index (χ4n) is 1.72. The molecule has 1 unspecified atom stereocenters. The Labute approximate surface area is 120 Å². The summed E-state index contributed by atoms with van der Waals surface area (Å²) in [6.45, 7) is 2.88. The van der Waals surface area contributed by atoms with Crippen molar-refractivity contribution in [2.75, 3.05) is 0 Å². The zero-order chi connectivity index (χ0) is 13.1. The molecule has 0 saturated carbocycles. The van der Waals surface area contributed by atoms with Gasteiger partial charge >= 0.3 is 0 Å². The van der Waals surface area contributed by atoms with Crippen LogP contribution in [0.4, 0.5) is 0 Å². The van der Waals surface area contributed by atoms with Gasteiger partial charge in [-0.2, -0.15) is 5.10 Å². The largest absolute Gasteiger partial charge is 0.306 e. The van der Waals surface area contributed by atoms with Crippen molar-refractivity contribution in [1.82, 2.24) is 15.1 Å². The van der Waals surface area contributed by atoms with E-state index in [0.717, 1.165) is 21.6 Å². The SMILES string of the molecule is CC(NCc1cc(Cl)ccc1Br)c1cnn(C)c1. The lowest BCUT2D eigenvalue weighted by atomic mass is 10.1. The van der Waals surface area contributed by atoms with Crippen molar-refractivity contribution in [3.8, 4) is 0 Å². The molecule has 0 aliphatic rings. The molecule has 1 N–H and O–H groups in total. The average Bonchev–Trinajstić information content (AvgIpc) is 2.77. The van der Waals surface area contributed by atoms with Crippen LogP contribution in [0.15, 0.2) is 35.1 Å². The van der Waals surface area contributed by atoms with Gasteiger partial charge in [0.25, 0.3) is 0 Å². The standard InChI is InChI=1S/C13H15BrClN3/c1-9(11-7-17-18(2)8-11)16-6-10-5-12(15)3-4-13(10)14/h3-5,7-9,16H,6H2,1-2H3. The molecule has 1 heterocycles. The van der Waals surface area contributed by atoms with Crippen LogP contribution < -0.4 is 5.32 Å². The van der Waals surface area contributed by atoms with Gasteiger partial charge in [0.05, 0.1) is 6.20 Å². The van der Waals surface area contributed by atoms with Crippen LogP contribution in [0.5, 0.6) is 0 Å². The smallest absolute Gasteiger partial charge is 0.0537 e. The van der Waals surface area contributed by atoms with Gasteiger partial charge in [0.15, 0.2) is 0 Å². The summed E-state index contributed by atoms with van der Waals surface area (Å²) in [6, 6.07) is 6.06. The minimum absolute atomic E-state index is 0.254. The van der Waals surface area contributed by atoms with Crippen molar-refractivity contribution in [3.05, 3.63) is 51.2 Å². The molecule has 2 aromatic rings. The van der Waals surface area contributed by atoms with Crippen molar-refractivity contribution >= 4 is 27.5 Å². The van der Waals surface area contributed by atoms with Crippen molar-refractivity contribution in [2.45, 2.75) is 19.5 Å². The molecular formula is C13H15BrClN3. The highest BCUT2D eigenvalue weighted by molar-refractivity contribution is 9.10. The normalized spacial score (nSPS) is 12.7. The van der Waals surface area contributed by atoms with Gasteiger partial charge in [0.1, 0.15) is 0 Å². The van der Waals surface area contributed by atoms with Gasteiger partial charge in [-0.05, 0) is 30.7 Å². The Morgan fingerprint density at radius 3 is 2.94 bits per heavy atom. The molecule has 0 fully saturated rings. The van der Waals surface area contributed by atoms with E-state index in [-0.39, 0.29) is 6.04 Å². The van der Waals surface area contributed by atoms with Crippen LogP contribution in [-0.4, -0.2) is 9.78 Å². The third-order valence-corrected chi connectivity index (χ3v) is 3.84. The highest BCUT2D eigenvalue weighted by Crippen LogP contribution is 2.22. The Morgan fingerprint density at radius 2 is 2.28 bits per heavy atom. The first-order chi connectivity index (χ1) is 8.56. The Morgan fingerprint density at radius 1 is 1.50 bits per heavy atom. The molecule has 0 spiro atoms. The fourth-order valence-corrected chi connectivity index (χ4v) is 2.30. The van der Waals surface area contributed by atoms with Crippen LogP contribution in [0.25, 0.3) is 0 Å². The van der Waals surface area contributed by atoms with E-state index in [1.165, 1.54) is 5.56 Å². The number of nitrogens with zero attached hydrogens (tertiary/aromatic N) is 2. The zero-order valence-electron chi connectivity index (χ0n) is 10.3. The highest BCUT2D eigenvalue weighted by Gasteiger charge is 2.08. The van der Waals surface area contributed by atoms with E-state index in [9.17, 15) is 0 Å². The summed E-state index contributed by atoms with van der Waals surface area (Å²) in [5.74, 6) is 0. The molecule has 0 saturated heterocycles. The van der Waals surface area contributed by atoms with Gasteiger partial charge in [-0.25, -0.2) is 0 Å². The lowest BCUT2D eigenvalue weighted by Crippen LogP contribution is -2.18. The monoisotopic (exact) mass is 327 g/mol. The molecule has 1 aromatic heterocycles. The first-order valence-corrected chi connectivity index (χ1v) is 6.89. The topological polar surface area (TPSA) is 29.9 Å². The van der Waals surface area contributed by atoms with Crippen LogP contribution in [0.1, 0.15) is 24.1 Å². The molecule has 0 amide bonds. The first-order valence-electron chi connectivity index (χ1n) is 5.72. The van der Waals surface area contributed by atoms with E-state index in [2.05, 4.69) is 33.3 Å². The quantitative estimate of drug-likeness (QED) is 0.927. The van der Waals surface area contributed by atoms with Gasteiger partial charge in [0.2, 0.25) is 0 Å². The molecule has 3 nitrogen and oxygen atoms in total. The molecule has 96 valence electrons. The number of nitrogens with one attached hydrogen (secondary N) is 1. The Bertz CT molecular complexity index is 539. The number of benzene rings is 1. The van der Waals surface area contributed by atoms with Gasteiger partial charge in [-0.15, -0.1) is 0 Å². The summed E-state index contributed by atoms with van der Waals surface area (Å²) >= 11 is 9.52. The summed E-state index contributed by atoms with van der Waals surface area (Å²) < 4.78 is 2.88. The van der Waals surface area contributed by atoms with Crippen molar-refractivity contribution in [2.24, 2.45) is 7.05 Å². The second-order valence-corrected chi connectivity index (χ2v) is 5.58. The molecule has 2 rings (SSSR count). The molecule has 0 aliphatic heterocycles. The van der Waals surface area contributed by atoms with Crippen LogP contribution in [0, 0.1) is 0 Å². The summed E-state index contributed by atoms with van der Waals surface area (Å²) in [5.41, 5.74) is 2.33. The second kappa shape index (κ2) is 5.87. The van der Waals surface area contributed by atoms with Gasteiger partial charge in [0, 0.05) is 40.9 Å². The Kier molecular flexibility index (Phi) is 4.43. The molecule has 0 aliphatic carbocycles. The number of aromatic nitrogens is 2. The van der Waals surface area contributed by atoms with Crippen LogP contribution >= 0.6 is 27.5 Å². The molecular weight excluding hydrogens is 314 g/mol. The Hall–Kier alpha value is -0.840. The average molecular weight is 329 g/mol. The van der Waals surface area contributed by atoms with Crippen molar-refractivity contribution in [3.63, 3.8) is 0 Å². The maximum absolute atomic E-state index is 5.99. The minimum atomic E-state index is 0.254. The van der Waals surface area contributed by atoms with Gasteiger partial charge in [-0.1, -0.05) is 27.5 Å². The third-order valence-electron chi connectivity index (χ3n) is 2.83. The minimum Gasteiger partial charge on any atom is -0.306 e. The van der Waals surface area contributed by atoms with E-state index in [4.69, 9.17) is 11.6 Å². The van der Waals surface area contributed by atoms with Crippen LogP contribution in [0.3, 0.4) is 0 Å². The molecule has 1 aromatic carbocycles. The van der Waals surface area contributed by atoms with Crippen molar-refractivity contribution in [1.29, 1.82) is 0 Å². The predicted octanol–water partition coefficient (Wildman–Crippen LogP) is 3.69. The Balaban J connectivity index is 2.01. The van der Waals surface area contributed by atoms with E-state index >= 15 is 0 Å². The molecule has 5 heteroatoms. The summed E-state index contributed by atoms with van der Waals surface area (Å²) in [7, 11) is 1.92. The highest BCUT2D eigenvalue weighted by atomic mass is 79.9. The molecule has 1 atom stereocenters. The number of aryl methyl sites for hydroxylation is 1. The summed E-state index contributed by atoms with van der Waals surface area (Å²) in [5, 5.41) is 8.38. The first kappa shape index (κ1) is 13.6. The van der Waals surface area contributed by atoms with Crippen molar-refractivity contribution < 1.29 is 0 Å². The maximum atomic E-state index is 5.99.